The molecule has 0 heterocycles. The summed E-state index contributed by atoms with van der Waals surface area (Å²) in [7, 11) is 1.50. The predicted molar refractivity (Wildman–Crippen MR) is 112 cm³/mol. The number of rotatable bonds is 10. The predicted octanol–water partition coefficient (Wildman–Crippen LogP) is 2.43. The number of carbonyl (C=O) groups excluding carboxylic acids is 3. The van der Waals surface area contributed by atoms with Gasteiger partial charge >= 0.3 is 0 Å². The molecule has 1 aromatic carbocycles. The first kappa shape index (κ1) is 24.6. The lowest BCUT2D eigenvalue weighted by Crippen LogP contribution is -2.62. The van der Waals surface area contributed by atoms with Crippen molar-refractivity contribution in [3.8, 4) is 0 Å². The fourth-order valence-electron chi connectivity index (χ4n) is 4.28. The van der Waals surface area contributed by atoms with Gasteiger partial charge < -0.3 is 11.1 Å². The molecular weight excluding hydrogens is 370 g/mol. The van der Waals surface area contributed by atoms with Crippen LogP contribution in [0.1, 0.15) is 51.7 Å². The quantitative estimate of drug-likeness (QED) is 0.315. The molecule has 0 aliphatic rings. The first-order valence-corrected chi connectivity index (χ1v) is 9.91. The number of nitrogens with two attached hydrogens (primary N) is 1. The van der Waals surface area contributed by atoms with Crippen LogP contribution in [0.15, 0.2) is 24.3 Å². The maximum atomic E-state index is 12.9. The number of hydrogen-bond donors (Lipinski definition) is 3. The van der Waals surface area contributed by atoms with Gasteiger partial charge in [-0.15, -0.1) is 0 Å². The largest absolute Gasteiger partial charge is 0.369 e. The summed E-state index contributed by atoms with van der Waals surface area (Å²) in [6.45, 7) is 9.10. The molecule has 1 unspecified atom stereocenters. The average molecular weight is 406 g/mol. The van der Waals surface area contributed by atoms with Gasteiger partial charge in [-0.1, -0.05) is 50.6 Å². The monoisotopic (exact) mass is 405 g/mol. The Morgan fingerprint density at radius 3 is 2.21 bits per heavy atom. The molecule has 4 N–H and O–H groups in total. The van der Waals surface area contributed by atoms with E-state index in [1.54, 1.807) is 6.92 Å². The zero-order valence-corrected chi connectivity index (χ0v) is 18.4. The maximum absolute atomic E-state index is 12.9. The van der Waals surface area contributed by atoms with Crippen LogP contribution in [0.5, 0.6) is 0 Å². The summed E-state index contributed by atoms with van der Waals surface area (Å²) >= 11 is 0. The molecule has 0 aliphatic heterocycles. The summed E-state index contributed by atoms with van der Waals surface area (Å²) in [5.41, 5.74) is 6.05. The van der Waals surface area contributed by atoms with E-state index in [-0.39, 0.29) is 18.7 Å². The zero-order chi connectivity index (χ0) is 22.4. The molecule has 0 saturated heterocycles. The van der Waals surface area contributed by atoms with Gasteiger partial charge in [0.2, 0.25) is 18.2 Å². The van der Waals surface area contributed by atoms with Gasteiger partial charge in [-0.25, -0.2) is 5.06 Å². The van der Waals surface area contributed by atoms with Gasteiger partial charge in [-0.2, -0.15) is 0 Å². The number of hydrogen-bond acceptors (Lipinski definition) is 4. The number of carbonyl (C=O) groups is 3. The van der Waals surface area contributed by atoms with Crippen LogP contribution in [0.25, 0.3) is 0 Å². The van der Waals surface area contributed by atoms with Crippen molar-refractivity contribution in [1.82, 2.24) is 10.4 Å². The Bertz CT molecular complexity index is 712. The molecule has 1 aromatic rings. The summed E-state index contributed by atoms with van der Waals surface area (Å²) in [6, 6.07) is 7.10. The molecule has 3 amide bonds. The third-order valence-corrected chi connectivity index (χ3v) is 5.78. The van der Waals surface area contributed by atoms with Gasteiger partial charge in [0.1, 0.15) is 0 Å². The Morgan fingerprint density at radius 1 is 1.24 bits per heavy atom. The topological polar surface area (TPSA) is 113 Å². The lowest BCUT2D eigenvalue weighted by Gasteiger charge is -2.48. The Balaban J connectivity index is 3.40. The molecule has 0 fully saturated rings. The van der Waals surface area contributed by atoms with E-state index in [0.29, 0.717) is 17.9 Å². The smallest absolute Gasteiger partial charge is 0.233 e. The van der Waals surface area contributed by atoms with Crippen molar-refractivity contribution in [1.29, 1.82) is 0 Å². The SMILES string of the molecule is CNC(=O)[C@@H](C(C)(C)C)C(CCCc1ccc(C)cc1)(C(N)=O)[C@H](C)N(O)C=O. The Kier molecular flexibility index (Phi) is 8.38. The normalized spacial score (nSPS) is 15.7. The molecule has 1 rings (SSSR count). The lowest BCUT2D eigenvalue weighted by atomic mass is 9.57. The Hall–Kier alpha value is -2.41. The first-order chi connectivity index (χ1) is 13.4. The van der Waals surface area contributed by atoms with Gasteiger partial charge in [-0.05, 0) is 44.1 Å². The van der Waals surface area contributed by atoms with Gasteiger partial charge in [0.25, 0.3) is 0 Å². The Morgan fingerprint density at radius 2 is 1.79 bits per heavy atom. The average Bonchev–Trinajstić information content (AvgIpc) is 2.65. The highest BCUT2D eigenvalue weighted by atomic mass is 16.5. The molecule has 0 aliphatic carbocycles. The molecule has 0 spiro atoms. The minimum Gasteiger partial charge on any atom is -0.369 e. The van der Waals surface area contributed by atoms with Crippen molar-refractivity contribution in [3.63, 3.8) is 0 Å². The first-order valence-electron chi connectivity index (χ1n) is 9.91. The van der Waals surface area contributed by atoms with E-state index in [1.807, 2.05) is 52.0 Å². The second-order valence-corrected chi connectivity index (χ2v) is 8.82. The molecule has 0 radical (unpaired) electrons. The van der Waals surface area contributed by atoms with Crippen LogP contribution in [-0.4, -0.2) is 41.6 Å². The van der Waals surface area contributed by atoms with Crippen LogP contribution in [0.2, 0.25) is 0 Å². The zero-order valence-electron chi connectivity index (χ0n) is 18.4. The third kappa shape index (κ3) is 5.56. The molecule has 0 aromatic heterocycles. The number of nitrogens with zero attached hydrogens (tertiary/aromatic N) is 1. The highest BCUT2D eigenvalue weighted by Gasteiger charge is 2.56. The van der Waals surface area contributed by atoms with Crippen molar-refractivity contribution >= 4 is 18.2 Å². The van der Waals surface area contributed by atoms with Crippen LogP contribution in [0.4, 0.5) is 0 Å². The molecule has 0 saturated carbocycles. The van der Waals surface area contributed by atoms with Crippen LogP contribution >= 0.6 is 0 Å². The lowest BCUT2D eigenvalue weighted by molar-refractivity contribution is -0.187. The second-order valence-electron chi connectivity index (χ2n) is 8.82. The maximum Gasteiger partial charge on any atom is 0.233 e. The molecule has 7 nitrogen and oxygen atoms in total. The van der Waals surface area contributed by atoms with E-state index in [9.17, 15) is 19.6 Å². The van der Waals surface area contributed by atoms with E-state index in [4.69, 9.17) is 5.73 Å². The highest BCUT2D eigenvalue weighted by Crippen LogP contribution is 2.47. The van der Waals surface area contributed by atoms with Crippen molar-refractivity contribution in [3.05, 3.63) is 35.4 Å². The summed E-state index contributed by atoms with van der Waals surface area (Å²) < 4.78 is 0. The number of nitrogens with one attached hydrogen (secondary N) is 1. The summed E-state index contributed by atoms with van der Waals surface area (Å²) in [5.74, 6) is -1.91. The van der Waals surface area contributed by atoms with E-state index in [0.717, 1.165) is 11.1 Å². The number of benzene rings is 1. The van der Waals surface area contributed by atoms with E-state index in [1.165, 1.54) is 7.05 Å². The van der Waals surface area contributed by atoms with Crippen LogP contribution in [0.3, 0.4) is 0 Å². The summed E-state index contributed by atoms with van der Waals surface area (Å²) in [4.78, 5) is 37.0. The number of amides is 3. The van der Waals surface area contributed by atoms with E-state index in [2.05, 4.69) is 5.32 Å². The van der Waals surface area contributed by atoms with Crippen molar-refractivity contribution in [2.24, 2.45) is 22.5 Å². The Labute approximate surface area is 173 Å². The van der Waals surface area contributed by atoms with Crippen molar-refractivity contribution in [2.75, 3.05) is 7.05 Å². The number of aryl methyl sites for hydroxylation is 2. The highest BCUT2D eigenvalue weighted by molar-refractivity contribution is 5.91. The van der Waals surface area contributed by atoms with Crippen LogP contribution < -0.4 is 11.1 Å². The molecule has 3 atom stereocenters. The van der Waals surface area contributed by atoms with Crippen LogP contribution in [-0.2, 0) is 20.8 Å². The minimum atomic E-state index is -1.45. The van der Waals surface area contributed by atoms with Gasteiger partial charge in [0.15, 0.2) is 0 Å². The molecule has 0 bridgehead atoms. The third-order valence-electron chi connectivity index (χ3n) is 5.78. The fraction of sp³-hybridized carbons (Fsp3) is 0.591. The summed E-state index contributed by atoms with van der Waals surface area (Å²) in [6.07, 6.45) is 1.73. The number of hydroxylamine groups is 2. The molecule has 162 valence electrons. The summed E-state index contributed by atoms with van der Waals surface area (Å²) in [5, 5.41) is 13.2. The van der Waals surface area contributed by atoms with E-state index < -0.39 is 28.7 Å². The van der Waals surface area contributed by atoms with Crippen LogP contribution in [0, 0.1) is 23.7 Å². The molecular formula is C22H35N3O4. The second kappa shape index (κ2) is 9.87. The number of primary amides is 1. The van der Waals surface area contributed by atoms with Gasteiger partial charge in [0, 0.05) is 7.05 Å². The van der Waals surface area contributed by atoms with Crippen molar-refractivity contribution in [2.45, 2.75) is 59.9 Å². The van der Waals surface area contributed by atoms with Gasteiger partial charge in [-0.3, -0.25) is 19.6 Å². The standard InChI is InChI=1S/C22H35N3O4/c1-15-9-11-17(12-10-15)8-7-13-22(20(23)28,16(2)25(29)14-26)18(19(27)24-6)21(3,4)5/h9-12,14,16,18,29H,7-8,13H2,1-6H3,(H2,23,28)(H,24,27)/t16-,18-,22?/m0/s1. The molecule has 7 heteroatoms. The van der Waals surface area contributed by atoms with E-state index >= 15 is 0 Å². The molecule has 29 heavy (non-hydrogen) atoms. The minimum absolute atomic E-state index is 0.242. The van der Waals surface area contributed by atoms with Crippen molar-refractivity contribution < 1.29 is 19.6 Å². The van der Waals surface area contributed by atoms with Gasteiger partial charge in [0.05, 0.1) is 17.4 Å². The fourth-order valence-corrected chi connectivity index (χ4v) is 4.28.